The summed E-state index contributed by atoms with van der Waals surface area (Å²) in [4.78, 5) is 15.8. The molecule has 23 heavy (non-hydrogen) atoms. The minimum absolute atomic E-state index is 0. The molecule has 5 nitrogen and oxygen atoms in total. The Bertz CT molecular complexity index is 656. The van der Waals surface area contributed by atoms with E-state index in [1.54, 1.807) is 0 Å². The predicted octanol–water partition coefficient (Wildman–Crippen LogP) is 2.44. The molecule has 1 saturated heterocycles. The number of hydrogen-bond acceptors (Lipinski definition) is 5. The van der Waals surface area contributed by atoms with Crippen LogP contribution in [0.3, 0.4) is 0 Å². The van der Waals surface area contributed by atoms with Crippen LogP contribution in [0.1, 0.15) is 18.4 Å². The predicted molar refractivity (Wildman–Crippen MR) is 87.6 cm³/mol. The molecule has 1 aliphatic heterocycles. The van der Waals surface area contributed by atoms with Crippen molar-refractivity contribution in [3.05, 3.63) is 41.1 Å². The van der Waals surface area contributed by atoms with Gasteiger partial charge in [-0.15, -0.1) is 17.4 Å². The topological polar surface area (TPSA) is 77.2 Å². The normalized spacial score (nSPS) is 14.2. The molecule has 3 N–H and O–H groups in total. The zero-order valence-corrected chi connectivity index (χ0v) is 17.7. The van der Waals surface area contributed by atoms with Gasteiger partial charge >= 0.3 is 0 Å². The number of amides is 1. The van der Waals surface area contributed by atoms with E-state index < -0.39 is 0 Å². The average Bonchev–Trinajstić information content (AvgIpc) is 3.04. The van der Waals surface area contributed by atoms with E-state index in [4.69, 9.17) is 10.5 Å². The molecule has 0 unspecified atom stereocenters. The third-order valence-electron chi connectivity index (χ3n) is 3.60. The Morgan fingerprint density at radius 1 is 1.39 bits per heavy atom. The zero-order valence-electron chi connectivity index (χ0n) is 12.7. The monoisotopic (exact) mass is 554 g/mol. The van der Waals surface area contributed by atoms with Gasteiger partial charge in [0.05, 0.1) is 12.2 Å². The van der Waals surface area contributed by atoms with Gasteiger partial charge in [0.2, 0.25) is 5.91 Å². The Labute approximate surface area is 163 Å². The molecule has 0 saturated carbocycles. The molecule has 0 spiro atoms. The molecular formula is C16H18N3O2SU-. The Balaban J connectivity index is 0.00000192. The fourth-order valence-corrected chi connectivity index (χ4v) is 3.17. The second kappa shape index (κ2) is 8.86. The minimum Gasteiger partial charge on any atom is -0.383 e. The van der Waals surface area contributed by atoms with E-state index in [0.29, 0.717) is 5.13 Å². The van der Waals surface area contributed by atoms with Gasteiger partial charge in [-0.1, -0.05) is 24.5 Å². The zero-order chi connectivity index (χ0) is 15.4. The summed E-state index contributed by atoms with van der Waals surface area (Å²) in [6.45, 7) is 1.56. The van der Waals surface area contributed by atoms with Crippen LogP contribution in [0.15, 0.2) is 29.6 Å². The number of carbonyl (C=O) groups is 1. The second-order valence-electron chi connectivity index (χ2n) is 5.09. The van der Waals surface area contributed by atoms with Crippen molar-refractivity contribution in [2.24, 2.45) is 5.73 Å². The minimum atomic E-state index is -0.229. The van der Waals surface area contributed by atoms with Gasteiger partial charge in [-0.2, -0.15) is 23.6 Å². The maximum absolute atomic E-state index is 11.3. The summed E-state index contributed by atoms with van der Waals surface area (Å²) in [7, 11) is 0. The molecule has 3 rings (SSSR count). The van der Waals surface area contributed by atoms with Gasteiger partial charge in [-0.25, -0.2) is 4.98 Å². The number of rotatable bonds is 4. The van der Waals surface area contributed by atoms with Gasteiger partial charge in [-0.3, -0.25) is 4.79 Å². The van der Waals surface area contributed by atoms with Crippen LogP contribution in [0.5, 0.6) is 0 Å². The number of thiazole rings is 1. The molecule has 2 aromatic rings. The molecule has 1 amide bonds. The van der Waals surface area contributed by atoms with Crippen molar-refractivity contribution in [2.75, 3.05) is 25.1 Å². The fraction of sp³-hybridized carbons (Fsp3) is 0.312. The smallest absolute Gasteiger partial charge is 0.239 e. The number of nitrogens with two attached hydrogens (primary N) is 1. The molecule has 2 heterocycles. The molecule has 120 valence electrons. The van der Waals surface area contributed by atoms with Gasteiger partial charge in [0, 0.05) is 49.7 Å². The van der Waals surface area contributed by atoms with Gasteiger partial charge in [0.15, 0.2) is 5.13 Å². The van der Waals surface area contributed by atoms with Crippen LogP contribution < -0.4 is 11.1 Å². The summed E-state index contributed by atoms with van der Waals surface area (Å²) in [5.41, 5.74) is 8.47. The molecular weight excluding hydrogens is 536 g/mol. The van der Waals surface area contributed by atoms with Crippen molar-refractivity contribution in [3.8, 4) is 11.3 Å². The molecule has 1 fully saturated rings. The molecule has 0 radical (unpaired) electrons. The number of ether oxygens (including phenoxy) is 1. The molecule has 7 heteroatoms. The summed E-state index contributed by atoms with van der Waals surface area (Å²) in [6.07, 6.45) is 1.97. The van der Waals surface area contributed by atoms with Crippen molar-refractivity contribution >= 4 is 22.4 Å². The molecule has 1 aromatic carbocycles. The van der Waals surface area contributed by atoms with E-state index in [1.165, 1.54) is 22.8 Å². The Morgan fingerprint density at radius 2 is 2.17 bits per heavy atom. The van der Waals surface area contributed by atoms with E-state index in [2.05, 4.69) is 22.4 Å². The number of nitrogens with zero attached hydrogens (tertiary/aromatic N) is 1. The summed E-state index contributed by atoms with van der Waals surface area (Å²) >= 11 is 1.40. The van der Waals surface area contributed by atoms with Gasteiger partial charge in [0.25, 0.3) is 0 Å². The first-order chi connectivity index (χ1) is 10.8. The van der Waals surface area contributed by atoms with Crippen molar-refractivity contribution < 1.29 is 40.6 Å². The van der Waals surface area contributed by atoms with E-state index in [-0.39, 0.29) is 43.6 Å². The first-order valence-corrected chi connectivity index (χ1v) is 8.13. The molecule has 1 aromatic heterocycles. The quantitative estimate of drug-likeness (QED) is 0.570. The first-order valence-electron chi connectivity index (χ1n) is 7.25. The van der Waals surface area contributed by atoms with Crippen LogP contribution >= 0.6 is 11.3 Å². The first kappa shape index (κ1) is 18.5. The van der Waals surface area contributed by atoms with Gasteiger partial charge in [-0.05, 0) is 0 Å². The molecule has 0 aliphatic carbocycles. The van der Waals surface area contributed by atoms with Gasteiger partial charge in [0.1, 0.15) is 0 Å². The maximum Gasteiger partial charge on any atom is 0.239 e. The molecule has 0 bridgehead atoms. The number of nitrogens with one attached hydrogen (secondary N) is 1. The van der Waals surface area contributed by atoms with Crippen molar-refractivity contribution in [1.29, 1.82) is 0 Å². The average molecular weight is 554 g/mol. The number of aromatic nitrogens is 1. The van der Waals surface area contributed by atoms with Crippen LogP contribution in [0.4, 0.5) is 5.13 Å². The van der Waals surface area contributed by atoms with Crippen LogP contribution in [-0.4, -0.2) is 30.6 Å². The van der Waals surface area contributed by atoms with Crippen LogP contribution in [0.2, 0.25) is 0 Å². The van der Waals surface area contributed by atoms with E-state index >= 15 is 0 Å². The molecule has 1 aliphatic rings. The Hall–Kier alpha value is -0.838. The van der Waals surface area contributed by atoms with E-state index in [9.17, 15) is 4.79 Å². The van der Waals surface area contributed by atoms with Crippen LogP contribution in [0.25, 0.3) is 11.3 Å². The van der Waals surface area contributed by atoms with Crippen molar-refractivity contribution in [1.82, 2.24) is 4.98 Å². The Kier molecular flexibility index (Phi) is 7.13. The van der Waals surface area contributed by atoms with E-state index in [0.717, 1.165) is 37.3 Å². The summed E-state index contributed by atoms with van der Waals surface area (Å²) in [5, 5.41) is 5.20. The summed E-state index contributed by atoms with van der Waals surface area (Å²) in [5.74, 6) is 1.20. The standard InChI is InChI=1S/C16H18N3O2S.U/c17-9-15(20)19-16-18-14(10-22-16)13-3-1-2-12(8-13)11-4-6-21-7-5-11;/h1-3,8,10H,4-7,9,17H2,(H,18,19,20);/q-1;. The van der Waals surface area contributed by atoms with Gasteiger partial charge < -0.3 is 15.8 Å². The SMILES string of the molecule is NCC(=O)Nc1nc(-c2cccc([C-]3CCOCC3)c2)cs1.[U]. The fourth-order valence-electron chi connectivity index (χ4n) is 2.44. The van der Waals surface area contributed by atoms with Crippen molar-refractivity contribution in [2.45, 2.75) is 12.8 Å². The molecule has 0 atom stereocenters. The number of anilines is 1. The second-order valence-corrected chi connectivity index (χ2v) is 5.95. The largest absolute Gasteiger partial charge is 0.383 e. The third-order valence-corrected chi connectivity index (χ3v) is 4.36. The number of hydrogen-bond donors (Lipinski definition) is 2. The number of carbonyl (C=O) groups excluding carboxylic acids is 1. The van der Waals surface area contributed by atoms with E-state index in [1.807, 2.05) is 17.5 Å². The Morgan fingerprint density at radius 3 is 2.91 bits per heavy atom. The summed E-state index contributed by atoms with van der Waals surface area (Å²) in [6, 6.07) is 8.37. The summed E-state index contributed by atoms with van der Waals surface area (Å²) < 4.78 is 5.41. The maximum atomic E-state index is 11.3. The third kappa shape index (κ3) is 4.82. The van der Waals surface area contributed by atoms with Crippen LogP contribution in [0, 0.1) is 37.0 Å². The number of benzene rings is 1. The van der Waals surface area contributed by atoms with Crippen LogP contribution in [-0.2, 0) is 9.53 Å². The van der Waals surface area contributed by atoms with Crippen molar-refractivity contribution in [3.63, 3.8) is 0 Å².